The van der Waals surface area contributed by atoms with Gasteiger partial charge in [-0.3, -0.25) is 0 Å². The smallest absolute Gasteiger partial charge is 0.319 e. The molecule has 0 aromatic heterocycles. The molecule has 0 heterocycles. The van der Waals surface area contributed by atoms with Crippen molar-refractivity contribution in [3.05, 3.63) is 29.8 Å². The number of nitrogens with zero attached hydrogens (tertiary/aromatic N) is 1. The van der Waals surface area contributed by atoms with Crippen LogP contribution in [-0.4, -0.2) is 23.1 Å². The molecule has 5 N–H and O–H groups in total. The Labute approximate surface area is 114 Å². The van der Waals surface area contributed by atoms with Gasteiger partial charge in [-0.05, 0) is 18.6 Å². The molecule has 2 amide bonds. The zero-order chi connectivity index (χ0) is 15.1. The maximum absolute atomic E-state index is 13.3. The number of amidine groups is 1. The maximum Gasteiger partial charge on any atom is 0.319 e. The Balaban J connectivity index is 2.62. The number of carbonyl (C=O) groups is 1. The van der Waals surface area contributed by atoms with E-state index in [1.165, 1.54) is 0 Å². The Morgan fingerprint density at radius 2 is 2.20 bits per heavy atom. The second-order valence-electron chi connectivity index (χ2n) is 4.12. The number of nitrogens with two attached hydrogens (primary N) is 1. The summed E-state index contributed by atoms with van der Waals surface area (Å²) in [6, 6.07) is 1.80. The fraction of sp³-hybridized carbons (Fsp3) is 0.333. The molecular formula is C12H16F2N4O2. The Kier molecular flexibility index (Phi) is 5.70. The van der Waals surface area contributed by atoms with Crippen LogP contribution in [-0.2, 0) is 0 Å². The number of nitrogens with one attached hydrogen (secondary N) is 2. The summed E-state index contributed by atoms with van der Waals surface area (Å²) in [5.74, 6) is -1.62. The molecule has 1 aromatic rings. The summed E-state index contributed by atoms with van der Waals surface area (Å²) in [5.41, 5.74) is 5.21. The lowest BCUT2D eigenvalue weighted by Crippen LogP contribution is -2.40. The standard InChI is InChI=1S/C12H16F2N4O2/c1-2-8(6-11(15)18-20)16-12(19)17-10-4-3-7(13)5-9(10)14/h3-5,8,20H,2,6H2,1H3,(H2,15,18)(H2,16,17,19). The minimum Gasteiger partial charge on any atom is -0.409 e. The van der Waals surface area contributed by atoms with E-state index in [0.717, 1.165) is 12.1 Å². The fourth-order valence-corrected chi connectivity index (χ4v) is 1.53. The number of rotatable bonds is 5. The normalized spacial score (nSPS) is 12.8. The number of halogens is 2. The molecule has 0 saturated heterocycles. The van der Waals surface area contributed by atoms with Crippen molar-refractivity contribution in [1.82, 2.24) is 5.32 Å². The van der Waals surface area contributed by atoms with Gasteiger partial charge >= 0.3 is 6.03 Å². The molecule has 0 radical (unpaired) electrons. The second-order valence-corrected chi connectivity index (χ2v) is 4.12. The first kappa shape index (κ1) is 15.7. The number of anilines is 1. The number of hydrogen-bond donors (Lipinski definition) is 4. The number of oxime groups is 1. The van der Waals surface area contributed by atoms with E-state index in [1.807, 2.05) is 0 Å². The fourth-order valence-electron chi connectivity index (χ4n) is 1.53. The van der Waals surface area contributed by atoms with Gasteiger partial charge in [0.2, 0.25) is 0 Å². The molecule has 1 unspecified atom stereocenters. The van der Waals surface area contributed by atoms with Crippen LogP contribution < -0.4 is 16.4 Å². The predicted octanol–water partition coefficient (Wildman–Crippen LogP) is 2.00. The van der Waals surface area contributed by atoms with Crippen LogP contribution in [0.3, 0.4) is 0 Å². The van der Waals surface area contributed by atoms with Gasteiger partial charge in [0, 0.05) is 18.5 Å². The Morgan fingerprint density at radius 3 is 2.75 bits per heavy atom. The van der Waals surface area contributed by atoms with Crippen LogP contribution in [0.5, 0.6) is 0 Å². The second kappa shape index (κ2) is 7.27. The SMILES string of the molecule is CCC(CC(N)=NO)NC(=O)Nc1ccc(F)cc1F. The summed E-state index contributed by atoms with van der Waals surface area (Å²) in [5, 5.41) is 16.1. The molecule has 1 rings (SSSR count). The molecule has 110 valence electrons. The predicted molar refractivity (Wildman–Crippen MR) is 70.6 cm³/mol. The van der Waals surface area contributed by atoms with Crippen molar-refractivity contribution in [2.24, 2.45) is 10.9 Å². The van der Waals surface area contributed by atoms with Crippen molar-refractivity contribution >= 4 is 17.6 Å². The topological polar surface area (TPSA) is 99.7 Å². The molecule has 6 nitrogen and oxygen atoms in total. The lowest BCUT2D eigenvalue weighted by molar-refractivity contribution is 0.248. The third-order valence-electron chi connectivity index (χ3n) is 2.59. The summed E-state index contributed by atoms with van der Waals surface area (Å²) in [6.45, 7) is 1.80. The Morgan fingerprint density at radius 1 is 1.50 bits per heavy atom. The summed E-state index contributed by atoms with van der Waals surface area (Å²) in [6.07, 6.45) is 0.696. The molecule has 8 heteroatoms. The van der Waals surface area contributed by atoms with Crippen LogP contribution in [0.1, 0.15) is 19.8 Å². The van der Waals surface area contributed by atoms with Crippen molar-refractivity contribution in [3.63, 3.8) is 0 Å². The van der Waals surface area contributed by atoms with Crippen LogP contribution >= 0.6 is 0 Å². The number of amides is 2. The van der Waals surface area contributed by atoms with Gasteiger partial charge in [0.15, 0.2) is 0 Å². The summed E-state index contributed by atoms with van der Waals surface area (Å²) in [7, 11) is 0. The molecule has 0 aliphatic heterocycles. The van der Waals surface area contributed by atoms with Crippen molar-refractivity contribution in [2.75, 3.05) is 5.32 Å². The molecule has 20 heavy (non-hydrogen) atoms. The number of carbonyl (C=O) groups excluding carboxylic acids is 1. The highest BCUT2D eigenvalue weighted by molar-refractivity contribution is 5.90. The average Bonchev–Trinajstić information content (AvgIpc) is 2.41. The lowest BCUT2D eigenvalue weighted by Gasteiger charge is -2.16. The van der Waals surface area contributed by atoms with Crippen molar-refractivity contribution < 1.29 is 18.8 Å². The largest absolute Gasteiger partial charge is 0.409 e. The molecule has 0 fully saturated rings. The van der Waals surface area contributed by atoms with Crippen LogP contribution in [0.2, 0.25) is 0 Å². The van der Waals surface area contributed by atoms with Gasteiger partial charge in [0.05, 0.1) is 5.69 Å². The van der Waals surface area contributed by atoms with Crippen LogP contribution in [0.15, 0.2) is 23.4 Å². The van der Waals surface area contributed by atoms with Crippen molar-refractivity contribution in [2.45, 2.75) is 25.8 Å². The van der Waals surface area contributed by atoms with E-state index in [1.54, 1.807) is 6.92 Å². The van der Waals surface area contributed by atoms with Crippen molar-refractivity contribution in [1.29, 1.82) is 0 Å². The van der Waals surface area contributed by atoms with Crippen LogP contribution in [0, 0.1) is 11.6 Å². The van der Waals surface area contributed by atoms with Gasteiger partial charge < -0.3 is 21.6 Å². The molecule has 0 aliphatic carbocycles. The van der Waals surface area contributed by atoms with E-state index in [-0.39, 0.29) is 24.0 Å². The minimum absolute atomic E-state index is 0.0230. The third kappa shape index (κ3) is 4.71. The number of benzene rings is 1. The maximum atomic E-state index is 13.3. The first-order valence-corrected chi connectivity index (χ1v) is 5.95. The van der Waals surface area contributed by atoms with Crippen molar-refractivity contribution in [3.8, 4) is 0 Å². The van der Waals surface area contributed by atoms with Crippen LogP contribution in [0.25, 0.3) is 0 Å². The van der Waals surface area contributed by atoms with E-state index >= 15 is 0 Å². The van der Waals surface area contributed by atoms with E-state index in [0.29, 0.717) is 12.5 Å². The van der Waals surface area contributed by atoms with E-state index in [4.69, 9.17) is 10.9 Å². The van der Waals surface area contributed by atoms with Gasteiger partial charge in [-0.25, -0.2) is 13.6 Å². The Bertz CT molecular complexity index is 508. The summed E-state index contributed by atoms with van der Waals surface area (Å²) in [4.78, 5) is 11.7. The van der Waals surface area contributed by atoms with E-state index in [9.17, 15) is 13.6 Å². The van der Waals surface area contributed by atoms with Gasteiger partial charge in [-0.2, -0.15) is 0 Å². The number of hydrogen-bond acceptors (Lipinski definition) is 3. The number of urea groups is 1. The summed E-state index contributed by atoms with van der Waals surface area (Å²) < 4.78 is 26.1. The molecule has 0 spiro atoms. The van der Waals surface area contributed by atoms with E-state index in [2.05, 4.69) is 15.8 Å². The zero-order valence-corrected chi connectivity index (χ0v) is 10.9. The lowest BCUT2D eigenvalue weighted by atomic mass is 10.1. The molecular weight excluding hydrogens is 270 g/mol. The highest BCUT2D eigenvalue weighted by Gasteiger charge is 2.14. The minimum atomic E-state index is -0.871. The summed E-state index contributed by atoms with van der Waals surface area (Å²) >= 11 is 0. The Hall–Kier alpha value is -2.38. The van der Waals surface area contributed by atoms with Crippen LogP contribution in [0.4, 0.5) is 19.3 Å². The zero-order valence-electron chi connectivity index (χ0n) is 10.9. The monoisotopic (exact) mass is 286 g/mol. The molecule has 0 saturated carbocycles. The first-order chi connectivity index (χ1) is 9.46. The molecule has 0 aliphatic rings. The highest BCUT2D eigenvalue weighted by atomic mass is 19.1. The quantitative estimate of drug-likeness (QED) is 0.288. The van der Waals surface area contributed by atoms with Gasteiger partial charge in [-0.15, -0.1) is 0 Å². The van der Waals surface area contributed by atoms with Gasteiger partial charge in [-0.1, -0.05) is 12.1 Å². The van der Waals surface area contributed by atoms with E-state index < -0.39 is 17.7 Å². The molecule has 0 bridgehead atoms. The highest BCUT2D eigenvalue weighted by Crippen LogP contribution is 2.14. The molecule has 1 atom stereocenters. The third-order valence-corrected chi connectivity index (χ3v) is 2.59. The van der Waals surface area contributed by atoms with Gasteiger partial charge in [0.25, 0.3) is 0 Å². The first-order valence-electron chi connectivity index (χ1n) is 5.95. The average molecular weight is 286 g/mol. The molecule has 1 aromatic carbocycles. The van der Waals surface area contributed by atoms with Gasteiger partial charge in [0.1, 0.15) is 17.5 Å².